The van der Waals surface area contributed by atoms with Crippen molar-refractivity contribution in [3.8, 4) is 0 Å². The minimum Gasteiger partial charge on any atom is -0.459 e. The molecule has 14 atom stereocenters. The number of esters is 1. The summed E-state index contributed by atoms with van der Waals surface area (Å²) < 4.78 is 30.6. The lowest BCUT2D eigenvalue weighted by Crippen LogP contribution is -2.60. The average Bonchev–Trinajstić information content (AvgIpc) is 2.94. The van der Waals surface area contributed by atoms with Crippen LogP contribution in [0.15, 0.2) is 5.16 Å². The molecule has 0 amide bonds. The normalized spacial score (nSPS) is 49.4. The molecule has 0 bridgehead atoms. The molecule has 2 saturated heterocycles. The summed E-state index contributed by atoms with van der Waals surface area (Å²) in [5.74, 6) is -2.58. The molecule has 2 heterocycles. The Morgan fingerprint density at radius 2 is 1.52 bits per heavy atom. The second-order valence-electron chi connectivity index (χ2n) is 13.7. The van der Waals surface area contributed by atoms with Gasteiger partial charge in [-0.15, -0.1) is 0 Å². The monoisotopic (exact) mass is 601 g/mol. The van der Waals surface area contributed by atoms with Crippen LogP contribution in [0.5, 0.6) is 0 Å². The first-order chi connectivity index (χ1) is 19.4. The molecule has 2 fully saturated rings. The van der Waals surface area contributed by atoms with E-state index in [9.17, 15) is 20.2 Å². The summed E-state index contributed by atoms with van der Waals surface area (Å²) in [4.78, 5) is 13.9. The lowest BCUT2D eigenvalue weighted by molar-refractivity contribution is -0.243. The number of hydrogen-bond acceptors (Lipinski definition) is 10. The molecule has 10 nitrogen and oxygen atoms in total. The fourth-order valence-corrected chi connectivity index (χ4v) is 7.96. The molecule has 2 aliphatic heterocycles. The molecule has 1 unspecified atom stereocenters. The van der Waals surface area contributed by atoms with Crippen molar-refractivity contribution in [2.75, 3.05) is 21.3 Å². The third kappa shape index (κ3) is 6.99. The van der Waals surface area contributed by atoms with E-state index in [1.165, 1.54) is 6.92 Å². The van der Waals surface area contributed by atoms with Gasteiger partial charge in [-0.05, 0) is 52.4 Å². The molecule has 2 aliphatic rings. The van der Waals surface area contributed by atoms with Crippen LogP contribution in [-0.4, -0.2) is 95.8 Å². The highest BCUT2D eigenvalue weighted by Gasteiger charge is 2.54. The van der Waals surface area contributed by atoms with E-state index in [0.717, 1.165) is 0 Å². The zero-order valence-corrected chi connectivity index (χ0v) is 28.2. The van der Waals surface area contributed by atoms with Crippen LogP contribution in [0.4, 0.5) is 0 Å². The van der Waals surface area contributed by atoms with Gasteiger partial charge in [0.25, 0.3) is 0 Å². The second kappa shape index (κ2) is 14.2. The lowest BCUT2D eigenvalue weighted by Gasteiger charge is -2.51. The summed E-state index contributed by atoms with van der Waals surface area (Å²) in [6.07, 6.45) is -2.05. The molecule has 42 heavy (non-hydrogen) atoms. The summed E-state index contributed by atoms with van der Waals surface area (Å²) in [7, 11) is 4.98. The van der Waals surface area contributed by atoms with Crippen molar-refractivity contribution in [2.24, 2.45) is 40.7 Å². The van der Waals surface area contributed by atoms with E-state index in [4.69, 9.17) is 23.7 Å². The number of aliphatic hydroxyl groups is 2. The predicted molar refractivity (Wildman–Crippen MR) is 161 cm³/mol. The number of hydrogen-bond donors (Lipinski definition) is 3. The molecule has 0 aromatic carbocycles. The number of carbonyl (C=O) groups excluding carboxylic acids is 1. The predicted octanol–water partition coefficient (Wildman–Crippen LogP) is 4.45. The highest BCUT2D eigenvalue weighted by molar-refractivity contribution is 5.88. The molecular weight excluding hydrogens is 542 g/mol. The largest absolute Gasteiger partial charge is 0.459 e. The third-order valence-corrected chi connectivity index (χ3v) is 11.1. The highest BCUT2D eigenvalue weighted by atomic mass is 16.6. The zero-order chi connectivity index (χ0) is 32.4. The number of nitrogens with zero attached hydrogens (tertiary/aromatic N) is 1. The van der Waals surface area contributed by atoms with Gasteiger partial charge in [-0.1, -0.05) is 46.7 Å². The van der Waals surface area contributed by atoms with Gasteiger partial charge in [0.1, 0.15) is 17.8 Å². The van der Waals surface area contributed by atoms with E-state index in [0.29, 0.717) is 18.6 Å². The van der Waals surface area contributed by atoms with Crippen molar-refractivity contribution in [1.29, 1.82) is 0 Å². The molecule has 246 valence electrons. The van der Waals surface area contributed by atoms with Gasteiger partial charge in [-0.2, -0.15) is 0 Å². The first-order valence-corrected chi connectivity index (χ1v) is 15.5. The Bertz CT molecular complexity index is 928. The van der Waals surface area contributed by atoms with E-state index in [-0.39, 0.29) is 48.4 Å². The average molecular weight is 602 g/mol. The van der Waals surface area contributed by atoms with Gasteiger partial charge in [0, 0.05) is 45.5 Å². The maximum atomic E-state index is 13.9. The third-order valence-electron chi connectivity index (χ3n) is 11.1. The van der Waals surface area contributed by atoms with E-state index in [1.807, 2.05) is 34.6 Å². The van der Waals surface area contributed by atoms with E-state index < -0.39 is 46.8 Å². The highest BCUT2D eigenvalue weighted by Crippen LogP contribution is 2.46. The molecule has 3 N–H and O–H groups in total. The first kappa shape index (κ1) is 36.9. The number of oxime groups is 1. The Morgan fingerprint density at radius 1 is 0.952 bits per heavy atom. The molecule has 0 aromatic rings. The van der Waals surface area contributed by atoms with Crippen molar-refractivity contribution >= 4 is 11.7 Å². The number of cyclic esters (lactones) is 1. The first-order valence-electron chi connectivity index (χ1n) is 15.5. The summed E-state index contributed by atoms with van der Waals surface area (Å²) in [6.45, 7) is 19.0. The molecule has 0 aliphatic carbocycles. The van der Waals surface area contributed by atoms with Crippen molar-refractivity contribution in [3.05, 3.63) is 0 Å². The number of rotatable bonds is 5. The van der Waals surface area contributed by atoms with Crippen LogP contribution in [0, 0.1) is 35.5 Å². The molecule has 0 radical (unpaired) electrons. The van der Waals surface area contributed by atoms with Crippen LogP contribution in [-0.2, 0) is 28.5 Å². The topological polar surface area (TPSA) is 136 Å². The summed E-state index contributed by atoms with van der Waals surface area (Å²) in [5.41, 5.74) is -2.80. The summed E-state index contributed by atoms with van der Waals surface area (Å²) >= 11 is 0. The van der Waals surface area contributed by atoms with Crippen LogP contribution < -0.4 is 0 Å². The summed E-state index contributed by atoms with van der Waals surface area (Å²) in [6, 6.07) is 0. The van der Waals surface area contributed by atoms with Crippen LogP contribution in [0.2, 0.25) is 0 Å². The van der Waals surface area contributed by atoms with E-state index in [1.54, 1.807) is 35.2 Å². The number of carbonyl (C=O) groups is 1. The minimum atomic E-state index is -1.81. The lowest BCUT2D eigenvalue weighted by atomic mass is 9.65. The van der Waals surface area contributed by atoms with Gasteiger partial charge in [0.2, 0.25) is 0 Å². The zero-order valence-electron chi connectivity index (χ0n) is 28.2. The molecule has 0 aromatic heterocycles. The SMILES string of the molecule is CC[C@H]1OC(=O)[C@H](C)[C@@H](C2C[C@@](C)(OC)[C@@H](OC)[C@H](C)O2)[C@H](C)[C@@H](C)[C@](C)(OC)C[C@@H](C)/C(=N\O)[C@H](C)[C@@H](O)[C@]1(C)O. The number of ether oxygens (including phenoxy) is 5. The Labute approximate surface area is 253 Å². The number of methoxy groups -OCH3 is 3. The van der Waals surface area contributed by atoms with Gasteiger partial charge in [0.15, 0.2) is 0 Å². The molecule has 0 spiro atoms. The van der Waals surface area contributed by atoms with Crippen molar-refractivity contribution in [1.82, 2.24) is 0 Å². The Balaban J connectivity index is 2.72. The molecule has 0 saturated carbocycles. The Kier molecular flexibility index (Phi) is 12.5. The Hall–Kier alpha value is -1.30. The standard InChI is InChI=1S/C32H59NO9/c1-14-24-32(10,36)27(34)20(5)26(33-37)17(2)15-30(8,39-12)21(6)18(3)25(19(4)29(35)42-24)23-16-31(9,40-13)28(38-11)22(7)41-23/h17-25,27-28,34,36-37H,14-16H2,1-13H3/b33-26+/t17-,18-,19-,20+,21-,22+,23?,24-,25+,27-,28+,30-,31-,32-/m1/s1. The quantitative estimate of drug-likeness (QED) is 0.237. The molecular formula is C32H59NO9. The Morgan fingerprint density at radius 3 is 2.00 bits per heavy atom. The molecule has 2 rings (SSSR count). The van der Waals surface area contributed by atoms with Gasteiger partial charge >= 0.3 is 5.97 Å². The van der Waals surface area contributed by atoms with Crippen molar-refractivity contribution in [3.63, 3.8) is 0 Å². The van der Waals surface area contributed by atoms with Crippen LogP contribution in [0.1, 0.15) is 88.5 Å². The van der Waals surface area contributed by atoms with Gasteiger partial charge < -0.3 is 39.1 Å². The van der Waals surface area contributed by atoms with Crippen LogP contribution >= 0.6 is 0 Å². The minimum absolute atomic E-state index is 0.0775. The van der Waals surface area contributed by atoms with Crippen molar-refractivity contribution < 1.29 is 43.9 Å². The fraction of sp³-hybridized carbons (Fsp3) is 0.938. The number of aliphatic hydroxyl groups excluding tert-OH is 1. The van der Waals surface area contributed by atoms with E-state index >= 15 is 0 Å². The maximum Gasteiger partial charge on any atom is 0.309 e. The fourth-order valence-electron chi connectivity index (χ4n) is 7.96. The summed E-state index contributed by atoms with van der Waals surface area (Å²) in [5, 5.41) is 36.6. The maximum absolute atomic E-state index is 13.9. The smallest absolute Gasteiger partial charge is 0.309 e. The van der Waals surface area contributed by atoms with Gasteiger partial charge in [-0.25, -0.2) is 0 Å². The van der Waals surface area contributed by atoms with E-state index in [2.05, 4.69) is 19.0 Å². The van der Waals surface area contributed by atoms with Gasteiger partial charge in [0.05, 0.1) is 41.1 Å². The molecule has 10 heteroatoms. The van der Waals surface area contributed by atoms with Gasteiger partial charge in [-0.3, -0.25) is 4.79 Å². The van der Waals surface area contributed by atoms with Crippen molar-refractivity contribution in [2.45, 2.75) is 136 Å². The van der Waals surface area contributed by atoms with Crippen LogP contribution in [0.3, 0.4) is 0 Å². The second-order valence-corrected chi connectivity index (χ2v) is 13.7. The van der Waals surface area contributed by atoms with Crippen LogP contribution in [0.25, 0.3) is 0 Å².